The molecule has 0 radical (unpaired) electrons. The minimum absolute atomic E-state index is 0.175. The molecule has 1 heterocycles. The van der Waals surface area contributed by atoms with E-state index in [0.29, 0.717) is 12.3 Å². The molecule has 1 saturated carbocycles. The van der Waals surface area contributed by atoms with Gasteiger partial charge in [0.05, 0.1) is 7.11 Å². The van der Waals surface area contributed by atoms with Gasteiger partial charge in [-0.2, -0.15) is 0 Å². The van der Waals surface area contributed by atoms with Gasteiger partial charge in [-0.3, -0.25) is 4.90 Å². The van der Waals surface area contributed by atoms with Crippen LogP contribution in [0.2, 0.25) is 0 Å². The van der Waals surface area contributed by atoms with Gasteiger partial charge in [0.1, 0.15) is 11.6 Å². The summed E-state index contributed by atoms with van der Waals surface area (Å²) in [5, 5.41) is 0. The van der Waals surface area contributed by atoms with Gasteiger partial charge in [-0.05, 0) is 39.5 Å². The zero-order valence-electron chi connectivity index (χ0n) is 10.7. The van der Waals surface area contributed by atoms with E-state index in [9.17, 15) is 9.59 Å². The largest absolute Gasteiger partial charge is 0.467 e. The highest BCUT2D eigenvalue weighted by atomic mass is 16.6. The van der Waals surface area contributed by atoms with Crippen LogP contribution in [0.15, 0.2) is 0 Å². The monoisotopic (exact) mass is 241 g/mol. The third kappa shape index (κ3) is 2.37. The number of fused-ring (bicyclic) bond motifs is 1. The summed E-state index contributed by atoms with van der Waals surface area (Å²) in [4.78, 5) is 25.2. The van der Waals surface area contributed by atoms with Crippen LogP contribution < -0.4 is 0 Å². The number of nitrogens with zero attached hydrogens (tertiary/aromatic N) is 1. The molecule has 3 atom stereocenters. The molecule has 96 valence electrons. The number of carbonyl (C=O) groups excluding carboxylic acids is 2. The highest BCUT2D eigenvalue weighted by Crippen LogP contribution is 2.48. The summed E-state index contributed by atoms with van der Waals surface area (Å²) in [5.74, 6) is 0.106. The van der Waals surface area contributed by atoms with Crippen molar-refractivity contribution in [2.24, 2.45) is 5.92 Å². The van der Waals surface area contributed by atoms with Crippen LogP contribution in [0.5, 0.6) is 0 Å². The summed E-state index contributed by atoms with van der Waals surface area (Å²) in [5.41, 5.74) is -0.537. The maximum absolute atomic E-state index is 12.0. The second-order valence-corrected chi connectivity index (χ2v) is 5.73. The fraction of sp³-hybridized carbons (Fsp3) is 0.833. The van der Waals surface area contributed by atoms with Crippen molar-refractivity contribution < 1.29 is 19.1 Å². The molecule has 1 saturated heterocycles. The Morgan fingerprint density at radius 1 is 1.24 bits per heavy atom. The Balaban J connectivity index is 2.07. The zero-order valence-corrected chi connectivity index (χ0v) is 10.7. The summed E-state index contributed by atoms with van der Waals surface area (Å²) in [7, 11) is 1.35. The molecule has 1 amide bonds. The van der Waals surface area contributed by atoms with Crippen LogP contribution in [-0.2, 0) is 14.3 Å². The number of amides is 1. The summed E-state index contributed by atoms with van der Waals surface area (Å²) in [6.07, 6.45) is 1.28. The first-order valence-corrected chi connectivity index (χ1v) is 5.92. The number of piperidine rings is 1. The van der Waals surface area contributed by atoms with Crippen LogP contribution in [-0.4, -0.2) is 41.8 Å². The van der Waals surface area contributed by atoms with Crippen LogP contribution in [0.25, 0.3) is 0 Å². The molecule has 0 aromatic heterocycles. The molecule has 17 heavy (non-hydrogen) atoms. The van der Waals surface area contributed by atoms with E-state index in [2.05, 4.69) is 0 Å². The quantitative estimate of drug-likeness (QED) is 0.654. The van der Waals surface area contributed by atoms with Gasteiger partial charge in [0, 0.05) is 6.04 Å². The predicted molar refractivity (Wildman–Crippen MR) is 60.4 cm³/mol. The molecule has 0 N–H and O–H groups in total. The van der Waals surface area contributed by atoms with E-state index in [1.807, 2.05) is 20.8 Å². The summed E-state index contributed by atoms with van der Waals surface area (Å²) < 4.78 is 10.0. The van der Waals surface area contributed by atoms with Crippen molar-refractivity contribution in [2.45, 2.75) is 51.3 Å². The lowest BCUT2D eigenvalue weighted by molar-refractivity contribution is -0.146. The Bertz CT molecular complexity index is 347. The number of hydrogen-bond acceptors (Lipinski definition) is 4. The van der Waals surface area contributed by atoms with Crippen LogP contribution in [0, 0.1) is 5.92 Å². The molecule has 2 rings (SSSR count). The van der Waals surface area contributed by atoms with E-state index in [-0.39, 0.29) is 12.0 Å². The van der Waals surface area contributed by atoms with Crippen LogP contribution >= 0.6 is 0 Å². The molecule has 5 nitrogen and oxygen atoms in total. The van der Waals surface area contributed by atoms with Crippen molar-refractivity contribution in [3.8, 4) is 0 Å². The lowest BCUT2D eigenvalue weighted by Crippen LogP contribution is -2.46. The van der Waals surface area contributed by atoms with Crippen molar-refractivity contribution in [1.82, 2.24) is 4.90 Å². The predicted octanol–water partition coefficient (Wildman–Crippen LogP) is 1.56. The Morgan fingerprint density at radius 3 is 2.41 bits per heavy atom. The molecule has 2 aliphatic rings. The molecule has 2 fully saturated rings. The number of hydrogen-bond donors (Lipinski definition) is 0. The Labute approximate surface area is 101 Å². The number of carbonyl (C=O) groups is 2. The van der Waals surface area contributed by atoms with Gasteiger partial charge in [-0.1, -0.05) is 0 Å². The standard InChI is InChI=1S/C12H19NO4/c1-12(2,3)17-11(15)13-8-5-7(8)6-9(13)10(14)16-4/h7-9H,5-6H2,1-4H3/t7-,8-,9+/m1/s1. The fourth-order valence-electron chi connectivity index (χ4n) is 2.38. The Kier molecular flexibility index (Phi) is 2.79. The molecule has 0 aromatic rings. The van der Waals surface area contributed by atoms with Crippen LogP contribution in [0.1, 0.15) is 33.6 Å². The molecule has 0 unspecified atom stereocenters. The summed E-state index contributed by atoms with van der Waals surface area (Å²) in [6.45, 7) is 5.45. The van der Waals surface area contributed by atoms with E-state index in [0.717, 1.165) is 6.42 Å². The zero-order chi connectivity index (χ0) is 12.8. The minimum atomic E-state index is -0.537. The lowest BCUT2D eigenvalue weighted by atomic mass is 10.2. The summed E-state index contributed by atoms with van der Waals surface area (Å²) >= 11 is 0. The van der Waals surface area contributed by atoms with Crippen LogP contribution in [0.3, 0.4) is 0 Å². The number of likely N-dealkylation sites (tertiary alicyclic amines) is 1. The lowest BCUT2D eigenvalue weighted by Gasteiger charge is -2.29. The molecule has 1 aliphatic heterocycles. The van der Waals surface area contributed by atoms with E-state index in [4.69, 9.17) is 9.47 Å². The second kappa shape index (κ2) is 3.89. The highest BCUT2D eigenvalue weighted by Gasteiger charge is 2.57. The van der Waals surface area contributed by atoms with E-state index in [1.165, 1.54) is 7.11 Å². The molecule has 5 heteroatoms. The van der Waals surface area contributed by atoms with Gasteiger partial charge < -0.3 is 9.47 Å². The van der Waals surface area contributed by atoms with Gasteiger partial charge >= 0.3 is 12.1 Å². The minimum Gasteiger partial charge on any atom is -0.467 e. The normalized spacial score (nSPS) is 30.8. The molecule has 0 bridgehead atoms. The molecule has 1 aliphatic carbocycles. The van der Waals surface area contributed by atoms with Gasteiger partial charge in [-0.15, -0.1) is 0 Å². The van der Waals surface area contributed by atoms with Gasteiger partial charge in [0.2, 0.25) is 0 Å². The van der Waals surface area contributed by atoms with Gasteiger partial charge in [-0.25, -0.2) is 9.59 Å². The number of esters is 1. The third-order valence-corrected chi connectivity index (χ3v) is 3.18. The smallest absolute Gasteiger partial charge is 0.411 e. The molecular weight excluding hydrogens is 222 g/mol. The first-order valence-electron chi connectivity index (χ1n) is 5.92. The number of ether oxygens (including phenoxy) is 2. The van der Waals surface area contributed by atoms with E-state index >= 15 is 0 Å². The first kappa shape index (κ1) is 12.2. The van der Waals surface area contributed by atoms with Crippen LogP contribution in [0.4, 0.5) is 4.79 Å². The Hall–Kier alpha value is -1.26. The van der Waals surface area contributed by atoms with Gasteiger partial charge in [0.15, 0.2) is 0 Å². The van der Waals surface area contributed by atoms with Crippen molar-refractivity contribution in [3.63, 3.8) is 0 Å². The van der Waals surface area contributed by atoms with Crippen molar-refractivity contribution in [2.75, 3.05) is 7.11 Å². The fourth-order valence-corrected chi connectivity index (χ4v) is 2.38. The second-order valence-electron chi connectivity index (χ2n) is 5.73. The SMILES string of the molecule is COC(=O)[C@@H]1C[C@H]2C[C@H]2N1C(=O)OC(C)(C)C. The van der Waals surface area contributed by atoms with Crippen molar-refractivity contribution in [3.05, 3.63) is 0 Å². The molecule has 0 spiro atoms. The average molecular weight is 241 g/mol. The third-order valence-electron chi connectivity index (χ3n) is 3.18. The summed E-state index contributed by atoms with van der Waals surface area (Å²) in [6, 6.07) is -0.285. The Morgan fingerprint density at radius 2 is 1.88 bits per heavy atom. The van der Waals surface area contributed by atoms with Crippen molar-refractivity contribution >= 4 is 12.1 Å². The molecule has 0 aromatic carbocycles. The van der Waals surface area contributed by atoms with Crippen molar-refractivity contribution in [1.29, 1.82) is 0 Å². The highest BCUT2D eigenvalue weighted by molar-refractivity contribution is 5.83. The van der Waals surface area contributed by atoms with Gasteiger partial charge in [0.25, 0.3) is 0 Å². The van der Waals surface area contributed by atoms with E-state index in [1.54, 1.807) is 4.90 Å². The number of methoxy groups -OCH3 is 1. The first-order chi connectivity index (χ1) is 7.83. The average Bonchev–Trinajstić information content (AvgIpc) is 2.85. The molecular formula is C12H19NO4. The maximum atomic E-state index is 12.0. The maximum Gasteiger partial charge on any atom is 0.411 e. The van der Waals surface area contributed by atoms with E-state index < -0.39 is 17.7 Å². The number of rotatable bonds is 1. The topological polar surface area (TPSA) is 55.8 Å².